The van der Waals surface area contributed by atoms with Crippen LogP contribution in [0.25, 0.3) is 10.8 Å². The number of aliphatic hydroxyl groups is 1. The second kappa shape index (κ2) is 6.64. The molecule has 0 unspecified atom stereocenters. The van der Waals surface area contributed by atoms with E-state index >= 15 is 0 Å². The summed E-state index contributed by atoms with van der Waals surface area (Å²) >= 11 is 0. The van der Waals surface area contributed by atoms with E-state index in [4.69, 9.17) is 9.84 Å². The smallest absolute Gasteiger partial charge is 0.131 e. The maximum atomic E-state index is 14.0. The van der Waals surface area contributed by atoms with E-state index in [0.717, 1.165) is 17.4 Å². The first-order valence-corrected chi connectivity index (χ1v) is 6.65. The Morgan fingerprint density at radius 1 is 1.26 bits per heavy atom. The molecule has 0 bridgehead atoms. The first kappa shape index (κ1) is 14.0. The van der Waals surface area contributed by atoms with Gasteiger partial charge in [-0.1, -0.05) is 31.2 Å². The third-order valence-corrected chi connectivity index (χ3v) is 3.18. The molecule has 0 aliphatic carbocycles. The number of fused-ring (bicyclic) bond motifs is 1. The van der Waals surface area contributed by atoms with Crippen molar-refractivity contribution in [1.82, 2.24) is 0 Å². The first-order valence-electron chi connectivity index (χ1n) is 6.65. The van der Waals surface area contributed by atoms with Crippen LogP contribution in [-0.2, 0) is 17.8 Å². The van der Waals surface area contributed by atoms with Crippen LogP contribution in [0.5, 0.6) is 0 Å². The largest absolute Gasteiger partial charge is 0.396 e. The van der Waals surface area contributed by atoms with Gasteiger partial charge in [0.2, 0.25) is 0 Å². The van der Waals surface area contributed by atoms with Crippen LogP contribution in [0.1, 0.15) is 24.5 Å². The Morgan fingerprint density at radius 2 is 2.11 bits per heavy atom. The van der Waals surface area contributed by atoms with Crippen molar-refractivity contribution in [2.24, 2.45) is 0 Å². The average molecular weight is 262 g/mol. The number of hydrogen-bond acceptors (Lipinski definition) is 2. The number of ether oxygens (including phenoxy) is 1. The van der Waals surface area contributed by atoms with Gasteiger partial charge in [0.15, 0.2) is 0 Å². The number of aliphatic hydroxyl groups excluding tert-OH is 1. The third-order valence-electron chi connectivity index (χ3n) is 3.18. The molecule has 2 nitrogen and oxygen atoms in total. The Morgan fingerprint density at radius 3 is 2.84 bits per heavy atom. The standard InChI is InChI=1S/C16H19FO2/c1-2-12-9-13-5-3-6-15(17)16(13)14(10-12)11-19-8-4-7-18/h3,5-6,9-10,18H,2,4,7-8,11H2,1H3. The van der Waals surface area contributed by atoms with Crippen LogP contribution in [-0.4, -0.2) is 18.3 Å². The van der Waals surface area contributed by atoms with Crippen molar-refractivity contribution in [3.63, 3.8) is 0 Å². The summed E-state index contributed by atoms with van der Waals surface area (Å²) in [5.41, 5.74) is 2.06. The number of halogens is 1. The fourth-order valence-corrected chi connectivity index (χ4v) is 2.20. The first-order chi connectivity index (χ1) is 9.26. The number of rotatable bonds is 6. The van der Waals surface area contributed by atoms with Crippen molar-refractivity contribution < 1.29 is 14.2 Å². The van der Waals surface area contributed by atoms with Crippen LogP contribution in [0.15, 0.2) is 30.3 Å². The summed E-state index contributed by atoms with van der Waals surface area (Å²) in [4.78, 5) is 0. The SMILES string of the molecule is CCc1cc(COCCCO)c2c(F)cccc2c1. The Hall–Kier alpha value is -1.45. The summed E-state index contributed by atoms with van der Waals surface area (Å²) in [6, 6.07) is 9.16. The van der Waals surface area contributed by atoms with E-state index in [1.165, 1.54) is 11.6 Å². The molecule has 1 N–H and O–H groups in total. The minimum absolute atomic E-state index is 0.115. The molecule has 2 aromatic carbocycles. The van der Waals surface area contributed by atoms with Crippen molar-refractivity contribution in [3.05, 3.63) is 47.3 Å². The van der Waals surface area contributed by atoms with Crippen molar-refractivity contribution in [2.45, 2.75) is 26.4 Å². The Kier molecular flexibility index (Phi) is 4.88. The van der Waals surface area contributed by atoms with Crippen molar-refractivity contribution in [1.29, 1.82) is 0 Å². The zero-order chi connectivity index (χ0) is 13.7. The fraction of sp³-hybridized carbons (Fsp3) is 0.375. The molecule has 2 aromatic rings. The topological polar surface area (TPSA) is 29.5 Å². The predicted octanol–water partition coefficient (Wildman–Crippen LogP) is 3.44. The van der Waals surface area contributed by atoms with E-state index < -0.39 is 0 Å². The lowest BCUT2D eigenvalue weighted by molar-refractivity contribution is 0.105. The van der Waals surface area contributed by atoms with Crippen molar-refractivity contribution >= 4 is 10.8 Å². The molecule has 3 heteroatoms. The molecule has 0 radical (unpaired) electrons. The minimum Gasteiger partial charge on any atom is -0.396 e. The number of benzene rings is 2. The van der Waals surface area contributed by atoms with Gasteiger partial charge in [-0.2, -0.15) is 0 Å². The molecule has 0 aliphatic heterocycles. The van der Waals surface area contributed by atoms with Crippen molar-refractivity contribution in [3.8, 4) is 0 Å². The summed E-state index contributed by atoms with van der Waals surface area (Å²) in [6.07, 6.45) is 1.52. The zero-order valence-corrected chi connectivity index (χ0v) is 11.2. The molecule has 0 aromatic heterocycles. The highest BCUT2D eigenvalue weighted by Crippen LogP contribution is 2.25. The maximum absolute atomic E-state index is 14.0. The Labute approximate surface area is 112 Å². The molecule has 0 fully saturated rings. The molecule has 0 amide bonds. The van der Waals surface area contributed by atoms with Gasteiger partial charge in [0, 0.05) is 18.6 Å². The molecule has 0 atom stereocenters. The third kappa shape index (κ3) is 3.31. The lowest BCUT2D eigenvalue weighted by Crippen LogP contribution is -2.00. The lowest BCUT2D eigenvalue weighted by atomic mass is 9.99. The normalized spacial score (nSPS) is 11.1. The Balaban J connectivity index is 2.33. The van der Waals surface area contributed by atoms with Crippen LogP contribution >= 0.6 is 0 Å². The van der Waals surface area contributed by atoms with Gasteiger partial charge in [-0.15, -0.1) is 0 Å². The van der Waals surface area contributed by atoms with E-state index in [0.29, 0.717) is 25.0 Å². The van der Waals surface area contributed by atoms with Crippen LogP contribution in [0, 0.1) is 5.82 Å². The molecular weight excluding hydrogens is 243 g/mol. The summed E-state index contributed by atoms with van der Waals surface area (Å²) < 4.78 is 19.5. The summed E-state index contributed by atoms with van der Waals surface area (Å²) in [5.74, 6) is -0.207. The summed E-state index contributed by atoms with van der Waals surface area (Å²) in [7, 11) is 0. The van der Waals surface area contributed by atoms with E-state index in [1.54, 1.807) is 6.07 Å². The molecule has 0 aliphatic rings. The molecule has 0 spiro atoms. The Bertz CT molecular complexity index is 552. The van der Waals surface area contributed by atoms with Gasteiger partial charge in [0.1, 0.15) is 5.82 Å². The minimum atomic E-state index is -0.207. The lowest BCUT2D eigenvalue weighted by Gasteiger charge is -2.11. The molecule has 2 rings (SSSR count). The second-order valence-corrected chi connectivity index (χ2v) is 4.58. The van der Waals surface area contributed by atoms with Crippen LogP contribution in [0.4, 0.5) is 4.39 Å². The van der Waals surface area contributed by atoms with E-state index in [1.807, 2.05) is 18.2 Å². The van der Waals surface area contributed by atoms with Gasteiger partial charge < -0.3 is 9.84 Å². The quantitative estimate of drug-likeness (QED) is 0.808. The molecule has 0 saturated carbocycles. The van der Waals surface area contributed by atoms with Crippen LogP contribution in [0.2, 0.25) is 0 Å². The number of aryl methyl sites for hydroxylation is 1. The van der Waals surface area contributed by atoms with Gasteiger partial charge in [0.25, 0.3) is 0 Å². The fourth-order valence-electron chi connectivity index (χ4n) is 2.20. The van der Waals surface area contributed by atoms with Crippen LogP contribution in [0.3, 0.4) is 0 Å². The van der Waals surface area contributed by atoms with Gasteiger partial charge in [-0.25, -0.2) is 4.39 Å². The molecule has 19 heavy (non-hydrogen) atoms. The molecule has 102 valence electrons. The molecule has 0 heterocycles. The summed E-state index contributed by atoms with van der Waals surface area (Å²) in [6.45, 7) is 3.06. The van der Waals surface area contributed by atoms with E-state index in [9.17, 15) is 4.39 Å². The highest BCUT2D eigenvalue weighted by Gasteiger charge is 2.08. The van der Waals surface area contributed by atoms with Gasteiger partial charge >= 0.3 is 0 Å². The predicted molar refractivity (Wildman–Crippen MR) is 74.6 cm³/mol. The average Bonchev–Trinajstić information content (AvgIpc) is 2.43. The summed E-state index contributed by atoms with van der Waals surface area (Å²) in [5, 5.41) is 10.3. The zero-order valence-electron chi connectivity index (χ0n) is 11.2. The van der Waals surface area contributed by atoms with Gasteiger partial charge in [-0.3, -0.25) is 0 Å². The highest BCUT2D eigenvalue weighted by molar-refractivity contribution is 5.87. The van der Waals surface area contributed by atoms with E-state index in [2.05, 4.69) is 6.92 Å². The molecular formula is C16H19FO2. The monoisotopic (exact) mass is 262 g/mol. The van der Waals surface area contributed by atoms with E-state index in [-0.39, 0.29) is 12.4 Å². The van der Waals surface area contributed by atoms with Crippen molar-refractivity contribution in [2.75, 3.05) is 13.2 Å². The second-order valence-electron chi connectivity index (χ2n) is 4.58. The molecule has 0 saturated heterocycles. The van der Waals surface area contributed by atoms with Crippen LogP contribution < -0.4 is 0 Å². The maximum Gasteiger partial charge on any atom is 0.131 e. The van der Waals surface area contributed by atoms with Gasteiger partial charge in [-0.05, 0) is 35.4 Å². The number of hydrogen-bond donors (Lipinski definition) is 1. The van der Waals surface area contributed by atoms with Gasteiger partial charge in [0.05, 0.1) is 6.61 Å². The highest BCUT2D eigenvalue weighted by atomic mass is 19.1.